The number of hydrogen-bond acceptors (Lipinski definition) is 4. The molecule has 0 amide bonds. The molecule has 2 aromatic rings. The van der Waals surface area contributed by atoms with E-state index in [4.69, 9.17) is 11.6 Å². The van der Waals surface area contributed by atoms with Crippen LogP contribution in [0.15, 0.2) is 23.3 Å². The van der Waals surface area contributed by atoms with Crippen LogP contribution in [-0.2, 0) is 25.9 Å². The van der Waals surface area contributed by atoms with Crippen LogP contribution in [-0.4, -0.2) is 39.3 Å². The molecule has 1 aliphatic heterocycles. The first kappa shape index (κ1) is 18.9. The molecule has 3 rings (SSSR count). The molecule has 0 saturated heterocycles. The molecule has 2 aromatic heterocycles. The summed E-state index contributed by atoms with van der Waals surface area (Å²) in [4.78, 5) is 8.30. The first-order valence-electron chi connectivity index (χ1n) is 7.72. The summed E-state index contributed by atoms with van der Waals surface area (Å²) in [7, 11) is 1.76. The smallest absolute Gasteiger partial charge is 0.191 e. The lowest BCUT2D eigenvalue weighted by molar-refractivity contribution is 0.662. The Hall–Kier alpha value is -1.42. The molecule has 3 heterocycles. The fourth-order valence-corrected chi connectivity index (χ4v) is 2.72. The summed E-state index contributed by atoms with van der Waals surface area (Å²) in [6.07, 6.45) is 4.82. The van der Waals surface area contributed by atoms with Crippen LogP contribution in [0, 0.1) is 0 Å². The normalized spacial score (nSPS) is 13.3. The van der Waals surface area contributed by atoms with Crippen LogP contribution in [0.3, 0.4) is 0 Å². The minimum atomic E-state index is 0. The van der Waals surface area contributed by atoms with Gasteiger partial charge in [0, 0.05) is 32.8 Å². The molecular formula is C15H21ClIN7. The molecule has 0 spiro atoms. The molecule has 2 N–H and O–H groups in total. The molecule has 0 aromatic carbocycles. The molecule has 7 nitrogen and oxygen atoms in total. The van der Waals surface area contributed by atoms with Crippen molar-refractivity contribution in [1.82, 2.24) is 30.4 Å². The third-order valence-corrected chi connectivity index (χ3v) is 4.04. The summed E-state index contributed by atoms with van der Waals surface area (Å²) in [6.45, 7) is 2.39. The first-order valence-corrected chi connectivity index (χ1v) is 8.10. The predicted molar refractivity (Wildman–Crippen MR) is 105 cm³/mol. The Bertz CT molecular complexity index is 684. The molecule has 0 fully saturated rings. The average molecular weight is 462 g/mol. The number of hydrogen-bond donors (Lipinski definition) is 2. The van der Waals surface area contributed by atoms with Gasteiger partial charge in [-0.05, 0) is 24.5 Å². The summed E-state index contributed by atoms with van der Waals surface area (Å²) in [5.74, 6) is 2.80. The third-order valence-electron chi connectivity index (χ3n) is 3.82. The van der Waals surface area contributed by atoms with E-state index in [1.165, 1.54) is 0 Å². The molecule has 0 aliphatic carbocycles. The number of aryl methyl sites for hydroxylation is 1. The topological polar surface area (TPSA) is 80.0 Å². The van der Waals surface area contributed by atoms with Crippen molar-refractivity contribution in [3.05, 3.63) is 40.7 Å². The van der Waals surface area contributed by atoms with E-state index in [-0.39, 0.29) is 24.0 Å². The van der Waals surface area contributed by atoms with E-state index < -0.39 is 0 Å². The molecule has 9 heteroatoms. The molecule has 24 heavy (non-hydrogen) atoms. The highest BCUT2D eigenvalue weighted by molar-refractivity contribution is 14.0. The zero-order valence-electron chi connectivity index (χ0n) is 13.5. The van der Waals surface area contributed by atoms with Crippen LogP contribution >= 0.6 is 35.6 Å². The van der Waals surface area contributed by atoms with Crippen molar-refractivity contribution >= 4 is 41.5 Å². The number of guanidine groups is 1. The maximum absolute atomic E-state index is 5.78. The van der Waals surface area contributed by atoms with E-state index in [1.807, 2.05) is 6.07 Å². The highest BCUT2D eigenvalue weighted by Crippen LogP contribution is 2.13. The Kier molecular flexibility index (Phi) is 7.22. The Labute approximate surface area is 163 Å². The fraction of sp³-hybridized carbons (Fsp3) is 0.467. The number of aromatic nitrogens is 4. The van der Waals surface area contributed by atoms with Gasteiger partial charge in [0.1, 0.15) is 11.0 Å². The van der Waals surface area contributed by atoms with Gasteiger partial charge in [0.15, 0.2) is 11.8 Å². The Balaban J connectivity index is 0.00000208. The number of halogens is 2. The standard InChI is InChI=1S/C15H20ClN7.HI/c1-17-15(18-7-6-11-4-5-12(16)19-9-11)20-10-14-22-21-13-3-2-8-23(13)14;/h4-5,9H,2-3,6-8,10H2,1H3,(H2,17,18,20);1H. The molecule has 0 radical (unpaired) electrons. The molecule has 0 unspecified atom stereocenters. The first-order chi connectivity index (χ1) is 11.3. The molecule has 130 valence electrons. The quantitative estimate of drug-likeness (QED) is 0.307. The minimum absolute atomic E-state index is 0. The summed E-state index contributed by atoms with van der Waals surface area (Å²) in [6, 6.07) is 3.78. The lowest BCUT2D eigenvalue weighted by atomic mass is 10.2. The number of pyridine rings is 1. The summed E-state index contributed by atoms with van der Waals surface area (Å²) in [5.41, 5.74) is 1.13. The SMILES string of the molecule is CN=C(NCCc1ccc(Cl)nc1)NCc1nnc2n1CCC2.I. The summed E-state index contributed by atoms with van der Waals surface area (Å²) < 4.78 is 2.18. The van der Waals surface area contributed by atoms with Crippen LogP contribution in [0.25, 0.3) is 0 Å². The monoisotopic (exact) mass is 461 g/mol. The number of nitrogens with zero attached hydrogens (tertiary/aromatic N) is 5. The van der Waals surface area contributed by atoms with E-state index in [0.29, 0.717) is 11.7 Å². The van der Waals surface area contributed by atoms with E-state index in [9.17, 15) is 0 Å². The Morgan fingerprint density at radius 2 is 2.21 bits per heavy atom. The second kappa shape index (κ2) is 9.16. The van der Waals surface area contributed by atoms with E-state index in [1.54, 1.807) is 19.3 Å². The number of nitrogens with one attached hydrogen (secondary N) is 2. The molecule has 1 aliphatic rings. The summed E-state index contributed by atoms with van der Waals surface area (Å²) >= 11 is 5.78. The maximum Gasteiger partial charge on any atom is 0.191 e. The van der Waals surface area contributed by atoms with Gasteiger partial charge in [-0.25, -0.2) is 4.98 Å². The van der Waals surface area contributed by atoms with E-state index in [0.717, 1.165) is 55.5 Å². The number of aliphatic imine (C=N–C) groups is 1. The fourth-order valence-electron chi connectivity index (χ4n) is 2.60. The van der Waals surface area contributed by atoms with Crippen LogP contribution in [0.2, 0.25) is 5.15 Å². The summed E-state index contributed by atoms with van der Waals surface area (Å²) in [5, 5.41) is 15.5. The Morgan fingerprint density at radius 3 is 2.96 bits per heavy atom. The molecule has 0 bridgehead atoms. The van der Waals surface area contributed by atoms with Crippen molar-refractivity contribution in [1.29, 1.82) is 0 Å². The van der Waals surface area contributed by atoms with Gasteiger partial charge >= 0.3 is 0 Å². The Morgan fingerprint density at radius 1 is 1.33 bits per heavy atom. The average Bonchev–Trinajstić information content (AvgIpc) is 3.16. The van der Waals surface area contributed by atoms with Gasteiger partial charge in [-0.3, -0.25) is 4.99 Å². The van der Waals surface area contributed by atoms with Crippen LogP contribution in [0.1, 0.15) is 23.6 Å². The lowest BCUT2D eigenvalue weighted by Crippen LogP contribution is -2.38. The van der Waals surface area contributed by atoms with Crippen LogP contribution in [0.5, 0.6) is 0 Å². The zero-order valence-corrected chi connectivity index (χ0v) is 16.6. The molecule has 0 atom stereocenters. The lowest BCUT2D eigenvalue weighted by Gasteiger charge is -2.11. The van der Waals surface area contributed by atoms with Crippen molar-refractivity contribution in [3.8, 4) is 0 Å². The van der Waals surface area contributed by atoms with Crippen molar-refractivity contribution in [2.45, 2.75) is 32.4 Å². The van der Waals surface area contributed by atoms with Gasteiger partial charge in [-0.2, -0.15) is 0 Å². The number of rotatable bonds is 5. The maximum atomic E-state index is 5.78. The third kappa shape index (κ3) is 4.79. The van der Waals surface area contributed by atoms with Gasteiger partial charge in [-0.15, -0.1) is 34.2 Å². The zero-order chi connectivity index (χ0) is 16.1. The largest absolute Gasteiger partial charge is 0.356 e. The highest BCUT2D eigenvalue weighted by Gasteiger charge is 2.16. The van der Waals surface area contributed by atoms with Crippen molar-refractivity contribution in [2.24, 2.45) is 4.99 Å². The van der Waals surface area contributed by atoms with Gasteiger partial charge in [0.25, 0.3) is 0 Å². The minimum Gasteiger partial charge on any atom is -0.356 e. The van der Waals surface area contributed by atoms with Crippen molar-refractivity contribution in [2.75, 3.05) is 13.6 Å². The van der Waals surface area contributed by atoms with Gasteiger partial charge < -0.3 is 15.2 Å². The molecule has 0 saturated carbocycles. The van der Waals surface area contributed by atoms with Crippen LogP contribution < -0.4 is 10.6 Å². The van der Waals surface area contributed by atoms with Crippen LogP contribution in [0.4, 0.5) is 0 Å². The van der Waals surface area contributed by atoms with Crippen molar-refractivity contribution < 1.29 is 0 Å². The van der Waals surface area contributed by atoms with Gasteiger partial charge in [0.05, 0.1) is 6.54 Å². The van der Waals surface area contributed by atoms with Crippen molar-refractivity contribution in [3.63, 3.8) is 0 Å². The highest BCUT2D eigenvalue weighted by atomic mass is 127. The van der Waals surface area contributed by atoms with E-state index >= 15 is 0 Å². The second-order valence-electron chi connectivity index (χ2n) is 5.38. The predicted octanol–water partition coefficient (Wildman–Crippen LogP) is 1.80. The second-order valence-corrected chi connectivity index (χ2v) is 5.77. The number of fused-ring (bicyclic) bond motifs is 1. The molecular weight excluding hydrogens is 441 g/mol. The van der Waals surface area contributed by atoms with Gasteiger partial charge in [0.2, 0.25) is 0 Å². The van der Waals surface area contributed by atoms with E-state index in [2.05, 4.69) is 35.4 Å². The van der Waals surface area contributed by atoms with Gasteiger partial charge in [-0.1, -0.05) is 17.7 Å².